The van der Waals surface area contributed by atoms with Gasteiger partial charge >= 0.3 is 0 Å². The molecule has 3 aromatic carbocycles. The topological polar surface area (TPSA) is 86.8 Å². The summed E-state index contributed by atoms with van der Waals surface area (Å²) in [7, 11) is -4.19. The number of unbranched alkanes of at least 4 members (excludes halogenated alkanes) is 1. The zero-order chi connectivity index (χ0) is 27.7. The maximum absolute atomic E-state index is 14.5. The Balaban J connectivity index is 2.00. The minimum Gasteiger partial charge on any atom is -0.354 e. The molecule has 0 aliphatic carbocycles. The van der Waals surface area contributed by atoms with Gasteiger partial charge in [-0.25, -0.2) is 12.8 Å². The van der Waals surface area contributed by atoms with E-state index in [-0.39, 0.29) is 27.7 Å². The molecule has 0 radical (unpaired) electrons. The number of nitrogens with one attached hydrogen (secondary N) is 1. The van der Waals surface area contributed by atoms with Crippen LogP contribution in [-0.2, 0) is 26.2 Å². The van der Waals surface area contributed by atoms with Crippen molar-refractivity contribution in [1.82, 2.24) is 10.2 Å². The summed E-state index contributed by atoms with van der Waals surface area (Å²) >= 11 is 6.15. The highest BCUT2D eigenvalue weighted by molar-refractivity contribution is 7.92. The molecule has 0 saturated carbocycles. The second-order valence-corrected chi connectivity index (χ2v) is 11.0. The summed E-state index contributed by atoms with van der Waals surface area (Å²) in [4.78, 5) is 27.9. The number of sulfonamides is 1. The zero-order valence-corrected chi connectivity index (χ0v) is 22.9. The highest BCUT2D eigenvalue weighted by Crippen LogP contribution is 2.27. The number of hydrogen-bond donors (Lipinski definition) is 1. The molecule has 0 unspecified atom stereocenters. The molecule has 2 amide bonds. The lowest BCUT2D eigenvalue weighted by atomic mass is 10.1. The third-order valence-corrected chi connectivity index (χ3v) is 8.02. The molecule has 0 fully saturated rings. The van der Waals surface area contributed by atoms with E-state index in [9.17, 15) is 22.4 Å². The molecule has 202 valence electrons. The van der Waals surface area contributed by atoms with E-state index in [4.69, 9.17) is 11.6 Å². The third-order valence-electron chi connectivity index (χ3n) is 6.00. The molecule has 0 aliphatic rings. The smallest absolute Gasteiger partial charge is 0.264 e. The van der Waals surface area contributed by atoms with Crippen LogP contribution >= 0.6 is 11.6 Å². The minimum absolute atomic E-state index is 0.0150. The number of rotatable bonds is 12. The standard InChI is InChI=1S/C28H31ClFN3O4S/c1-3-4-17-31-28(35)21(2)32(19-22-11-8-9-16-26(22)30)27(34)20-33(24-13-10-12-23(29)18-24)38(36,37)25-14-6-5-7-15-25/h5-16,18,21H,3-4,17,19-20H2,1-2H3,(H,31,35)/t21-/m0/s1. The van der Waals surface area contributed by atoms with Gasteiger partial charge in [0, 0.05) is 23.7 Å². The van der Waals surface area contributed by atoms with Crippen molar-refractivity contribution in [1.29, 1.82) is 0 Å². The molecule has 0 aromatic heterocycles. The summed E-state index contributed by atoms with van der Waals surface area (Å²) in [6.45, 7) is 3.11. The van der Waals surface area contributed by atoms with Crippen molar-refractivity contribution in [3.8, 4) is 0 Å². The molecule has 0 bridgehead atoms. The quantitative estimate of drug-likeness (QED) is 0.316. The summed E-state index contributed by atoms with van der Waals surface area (Å²) in [6.07, 6.45) is 1.63. The maximum Gasteiger partial charge on any atom is 0.264 e. The van der Waals surface area contributed by atoms with E-state index < -0.39 is 40.2 Å². The molecule has 7 nitrogen and oxygen atoms in total. The number of anilines is 1. The number of hydrogen-bond acceptors (Lipinski definition) is 4. The van der Waals surface area contributed by atoms with Gasteiger partial charge in [0.15, 0.2) is 0 Å². The van der Waals surface area contributed by atoms with Crippen molar-refractivity contribution < 1.29 is 22.4 Å². The van der Waals surface area contributed by atoms with Gasteiger partial charge in [-0.2, -0.15) is 0 Å². The largest absolute Gasteiger partial charge is 0.354 e. The van der Waals surface area contributed by atoms with E-state index in [2.05, 4.69) is 5.32 Å². The fourth-order valence-corrected chi connectivity index (χ4v) is 5.42. The van der Waals surface area contributed by atoms with E-state index in [1.807, 2.05) is 6.92 Å². The molecule has 0 heterocycles. The number of carbonyl (C=O) groups excluding carboxylic acids is 2. The van der Waals surface area contributed by atoms with Crippen LogP contribution in [0.25, 0.3) is 0 Å². The predicted molar refractivity (Wildman–Crippen MR) is 147 cm³/mol. The molecule has 38 heavy (non-hydrogen) atoms. The van der Waals surface area contributed by atoms with Crippen molar-refractivity contribution in [2.75, 3.05) is 17.4 Å². The lowest BCUT2D eigenvalue weighted by Gasteiger charge is -2.32. The number of benzene rings is 3. The Bertz CT molecular complexity index is 1350. The molecular formula is C28H31ClFN3O4S. The zero-order valence-electron chi connectivity index (χ0n) is 21.3. The van der Waals surface area contributed by atoms with Gasteiger partial charge in [-0.05, 0) is 49.7 Å². The van der Waals surface area contributed by atoms with Crippen molar-refractivity contribution in [3.05, 3.63) is 95.3 Å². The van der Waals surface area contributed by atoms with Crippen LogP contribution in [0.4, 0.5) is 10.1 Å². The molecular weight excluding hydrogens is 529 g/mol. The van der Waals surface area contributed by atoms with Crippen LogP contribution in [-0.4, -0.2) is 44.3 Å². The second-order valence-electron chi connectivity index (χ2n) is 8.74. The van der Waals surface area contributed by atoms with Gasteiger partial charge in [-0.15, -0.1) is 0 Å². The van der Waals surface area contributed by atoms with E-state index in [0.29, 0.717) is 6.54 Å². The van der Waals surface area contributed by atoms with Gasteiger partial charge < -0.3 is 10.2 Å². The maximum atomic E-state index is 14.5. The summed E-state index contributed by atoms with van der Waals surface area (Å²) < 4.78 is 42.8. The summed E-state index contributed by atoms with van der Waals surface area (Å²) in [5.41, 5.74) is 0.384. The number of carbonyl (C=O) groups is 2. The van der Waals surface area contributed by atoms with Crippen molar-refractivity contribution >= 4 is 39.1 Å². The van der Waals surface area contributed by atoms with E-state index in [1.54, 1.807) is 36.4 Å². The van der Waals surface area contributed by atoms with Gasteiger partial charge in [-0.1, -0.05) is 67.4 Å². The fraction of sp³-hybridized carbons (Fsp3) is 0.286. The van der Waals surface area contributed by atoms with Gasteiger partial charge in [0.05, 0.1) is 10.6 Å². The molecule has 3 rings (SSSR count). The average molecular weight is 560 g/mol. The second kappa shape index (κ2) is 13.4. The molecule has 10 heteroatoms. The molecule has 1 atom stereocenters. The highest BCUT2D eigenvalue weighted by atomic mass is 35.5. The molecule has 0 spiro atoms. The Labute approximate surface area is 228 Å². The first-order valence-electron chi connectivity index (χ1n) is 12.3. The van der Waals surface area contributed by atoms with Gasteiger partial charge in [0.2, 0.25) is 11.8 Å². The molecule has 0 aliphatic heterocycles. The molecule has 3 aromatic rings. The van der Waals surface area contributed by atoms with Crippen LogP contribution in [0, 0.1) is 5.82 Å². The first kappa shape index (κ1) is 29.1. The van der Waals surface area contributed by atoms with Crippen molar-refractivity contribution in [2.24, 2.45) is 0 Å². The fourth-order valence-electron chi connectivity index (χ4n) is 3.81. The lowest BCUT2D eigenvalue weighted by molar-refractivity contribution is -0.139. The first-order chi connectivity index (χ1) is 18.1. The van der Waals surface area contributed by atoms with Crippen LogP contribution in [0.3, 0.4) is 0 Å². The molecule has 1 N–H and O–H groups in total. The monoisotopic (exact) mass is 559 g/mol. The third kappa shape index (κ3) is 7.33. The van der Waals surface area contributed by atoms with Crippen LogP contribution in [0.5, 0.6) is 0 Å². The SMILES string of the molecule is CCCCNC(=O)[C@H](C)N(Cc1ccccc1F)C(=O)CN(c1cccc(Cl)c1)S(=O)(=O)c1ccccc1. The van der Waals surface area contributed by atoms with E-state index in [1.165, 1.54) is 54.3 Å². The highest BCUT2D eigenvalue weighted by Gasteiger charge is 2.32. The number of amides is 2. The van der Waals surface area contributed by atoms with Gasteiger partial charge in [-0.3, -0.25) is 13.9 Å². The lowest BCUT2D eigenvalue weighted by Crippen LogP contribution is -2.51. The van der Waals surface area contributed by atoms with Crippen molar-refractivity contribution in [2.45, 2.75) is 44.2 Å². The number of halogens is 2. The van der Waals surface area contributed by atoms with E-state index in [0.717, 1.165) is 17.1 Å². The normalized spacial score (nSPS) is 12.0. The Hall–Kier alpha value is -3.43. The Morgan fingerprint density at radius 2 is 1.68 bits per heavy atom. The van der Waals surface area contributed by atoms with Gasteiger partial charge in [0.25, 0.3) is 10.0 Å². The molecule has 0 saturated heterocycles. The van der Waals surface area contributed by atoms with Crippen LogP contribution in [0.1, 0.15) is 32.3 Å². The van der Waals surface area contributed by atoms with Crippen LogP contribution in [0.15, 0.2) is 83.8 Å². The predicted octanol–water partition coefficient (Wildman–Crippen LogP) is 5.01. The number of nitrogens with zero attached hydrogens (tertiary/aromatic N) is 2. The summed E-state index contributed by atoms with van der Waals surface area (Å²) in [5.74, 6) is -1.62. The van der Waals surface area contributed by atoms with Crippen LogP contribution in [0.2, 0.25) is 5.02 Å². The van der Waals surface area contributed by atoms with Crippen molar-refractivity contribution in [3.63, 3.8) is 0 Å². The summed E-state index contributed by atoms with van der Waals surface area (Å²) in [6, 6.07) is 18.8. The van der Waals surface area contributed by atoms with E-state index >= 15 is 0 Å². The average Bonchev–Trinajstić information content (AvgIpc) is 2.91. The van der Waals surface area contributed by atoms with Gasteiger partial charge in [0.1, 0.15) is 18.4 Å². The summed E-state index contributed by atoms with van der Waals surface area (Å²) in [5, 5.41) is 3.08. The Kier molecular flexibility index (Phi) is 10.3. The Morgan fingerprint density at radius 1 is 1.00 bits per heavy atom. The first-order valence-corrected chi connectivity index (χ1v) is 14.1. The van der Waals surface area contributed by atoms with Crippen LogP contribution < -0.4 is 9.62 Å². The Morgan fingerprint density at radius 3 is 2.34 bits per heavy atom. The minimum atomic E-state index is -4.19.